The molecular weight excluding hydrogens is 292 g/mol. The molecule has 0 radical (unpaired) electrons. The van der Waals surface area contributed by atoms with Crippen molar-refractivity contribution in [1.82, 2.24) is 0 Å². The minimum atomic E-state index is -0.886. The number of phenols is 1. The Kier molecular flexibility index (Phi) is 4.06. The maximum atomic E-state index is 11.8. The molecule has 0 unspecified atom stereocenters. The first kappa shape index (κ1) is 15.2. The minimum Gasteiger partial charge on any atom is -0.512 e. The molecule has 3 rings (SSSR count). The Labute approximate surface area is 134 Å². The van der Waals surface area contributed by atoms with Crippen LogP contribution in [0.2, 0.25) is 0 Å². The van der Waals surface area contributed by atoms with E-state index in [9.17, 15) is 15.0 Å². The number of benzene rings is 2. The molecule has 1 aliphatic rings. The molecule has 2 aromatic rings. The highest BCUT2D eigenvalue weighted by Gasteiger charge is 2.39. The van der Waals surface area contributed by atoms with Gasteiger partial charge in [0.2, 0.25) is 0 Å². The fourth-order valence-corrected chi connectivity index (χ4v) is 2.98. The molecule has 0 aliphatic carbocycles. The number of phenolic OH excluding ortho intramolecular Hbond substituents is 1. The van der Waals surface area contributed by atoms with Gasteiger partial charge < -0.3 is 14.9 Å². The number of carbonyl (C=O) groups excluding carboxylic acids is 1. The van der Waals surface area contributed by atoms with Crippen molar-refractivity contribution >= 4 is 5.97 Å². The van der Waals surface area contributed by atoms with Gasteiger partial charge in [0.15, 0.2) is 0 Å². The zero-order chi connectivity index (χ0) is 16.3. The van der Waals surface area contributed by atoms with E-state index in [-0.39, 0.29) is 17.9 Å². The second kappa shape index (κ2) is 6.16. The summed E-state index contributed by atoms with van der Waals surface area (Å²) in [6.45, 7) is 0. The first-order chi connectivity index (χ1) is 11.1. The number of aryl methyl sites for hydroxylation is 1. The molecule has 0 bridgehead atoms. The Morgan fingerprint density at radius 3 is 2.52 bits per heavy atom. The summed E-state index contributed by atoms with van der Waals surface area (Å²) in [4.78, 5) is 11.8. The lowest BCUT2D eigenvalue weighted by Crippen LogP contribution is -2.36. The molecule has 0 saturated carbocycles. The van der Waals surface area contributed by atoms with Crippen molar-refractivity contribution in [3.05, 3.63) is 77.6 Å². The van der Waals surface area contributed by atoms with Crippen LogP contribution in [-0.2, 0) is 21.6 Å². The van der Waals surface area contributed by atoms with E-state index in [4.69, 9.17) is 4.74 Å². The lowest BCUT2D eigenvalue weighted by Gasteiger charge is -2.36. The molecule has 23 heavy (non-hydrogen) atoms. The number of rotatable bonds is 4. The van der Waals surface area contributed by atoms with E-state index in [2.05, 4.69) is 0 Å². The average molecular weight is 310 g/mol. The van der Waals surface area contributed by atoms with E-state index in [0.717, 1.165) is 17.2 Å². The van der Waals surface area contributed by atoms with Crippen LogP contribution in [0.1, 0.15) is 24.0 Å². The van der Waals surface area contributed by atoms with Crippen molar-refractivity contribution in [2.75, 3.05) is 0 Å². The standard InChI is InChI=1S/C19H18O4/c20-16-8-4-5-14(11-16)9-10-19(15-6-2-1-3-7-15)13-17(21)12-18(22)23-19/h1-8,11-12,20-21H,9-10,13H2/t19-/m0/s1. The highest BCUT2D eigenvalue weighted by Crippen LogP contribution is 2.39. The van der Waals surface area contributed by atoms with Gasteiger partial charge in [-0.2, -0.15) is 0 Å². The number of aromatic hydroxyl groups is 1. The molecule has 4 nitrogen and oxygen atoms in total. The number of aliphatic hydroxyl groups is 1. The first-order valence-corrected chi connectivity index (χ1v) is 7.53. The minimum absolute atomic E-state index is 0.0287. The summed E-state index contributed by atoms with van der Waals surface area (Å²) in [5.41, 5.74) is 0.918. The van der Waals surface area contributed by atoms with Crippen LogP contribution in [0.3, 0.4) is 0 Å². The highest BCUT2D eigenvalue weighted by molar-refractivity contribution is 5.84. The molecule has 118 valence electrons. The Morgan fingerprint density at radius 2 is 1.83 bits per heavy atom. The lowest BCUT2D eigenvalue weighted by atomic mass is 9.83. The van der Waals surface area contributed by atoms with Crippen LogP contribution < -0.4 is 0 Å². The van der Waals surface area contributed by atoms with Crippen molar-refractivity contribution in [3.63, 3.8) is 0 Å². The summed E-state index contributed by atoms with van der Waals surface area (Å²) >= 11 is 0. The Morgan fingerprint density at radius 1 is 1.04 bits per heavy atom. The third kappa shape index (κ3) is 3.37. The van der Waals surface area contributed by atoms with Crippen LogP contribution in [0.4, 0.5) is 0 Å². The summed E-state index contributed by atoms with van der Waals surface area (Å²) in [5, 5.41) is 19.5. The Balaban J connectivity index is 1.90. The van der Waals surface area contributed by atoms with Gasteiger partial charge in [-0.15, -0.1) is 0 Å². The van der Waals surface area contributed by atoms with Crippen molar-refractivity contribution in [1.29, 1.82) is 0 Å². The fourth-order valence-electron chi connectivity index (χ4n) is 2.98. The van der Waals surface area contributed by atoms with Crippen LogP contribution in [-0.4, -0.2) is 16.2 Å². The molecular formula is C19H18O4. The van der Waals surface area contributed by atoms with Crippen LogP contribution in [0.5, 0.6) is 5.75 Å². The predicted molar refractivity (Wildman–Crippen MR) is 86.0 cm³/mol. The Hall–Kier alpha value is -2.75. The molecule has 1 heterocycles. The van der Waals surface area contributed by atoms with Crippen LogP contribution in [0, 0.1) is 0 Å². The van der Waals surface area contributed by atoms with Gasteiger partial charge in [0.25, 0.3) is 0 Å². The number of aliphatic hydroxyl groups excluding tert-OH is 1. The fraction of sp³-hybridized carbons (Fsp3) is 0.211. The van der Waals surface area contributed by atoms with E-state index in [1.807, 2.05) is 36.4 Å². The van der Waals surface area contributed by atoms with Crippen molar-refractivity contribution < 1.29 is 19.7 Å². The van der Waals surface area contributed by atoms with E-state index < -0.39 is 11.6 Å². The van der Waals surface area contributed by atoms with Gasteiger partial charge in [-0.05, 0) is 36.1 Å². The van der Waals surface area contributed by atoms with Gasteiger partial charge in [0.05, 0.1) is 6.08 Å². The molecule has 2 N–H and O–H groups in total. The largest absolute Gasteiger partial charge is 0.512 e. The van der Waals surface area contributed by atoms with Crippen molar-refractivity contribution in [2.45, 2.75) is 24.9 Å². The van der Waals surface area contributed by atoms with Crippen molar-refractivity contribution in [2.24, 2.45) is 0 Å². The maximum absolute atomic E-state index is 11.8. The van der Waals surface area contributed by atoms with Crippen LogP contribution in [0.25, 0.3) is 0 Å². The lowest BCUT2D eigenvalue weighted by molar-refractivity contribution is -0.159. The van der Waals surface area contributed by atoms with Gasteiger partial charge in [-0.25, -0.2) is 4.79 Å². The quantitative estimate of drug-likeness (QED) is 0.847. The third-order valence-corrected chi connectivity index (χ3v) is 4.08. The number of hydrogen-bond donors (Lipinski definition) is 2. The molecule has 0 amide bonds. The molecule has 0 saturated heterocycles. The number of ether oxygens (including phenoxy) is 1. The predicted octanol–water partition coefficient (Wildman–Crippen LogP) is 3.61. The maximum Gasteiger partial charge on any atom is 0.335 e. The van der Waals surface area contributed by atoms with Crippen LogP contribution in [0.15, 0.2) is 66.4 Å². The summed E-state index contributed by atoms with van der Waals surface area (Å²) < 4.78 is 5.64. The van der Waals surface area contributed by atoms with Gasteiger partial charge in [0.1, 0.15) is 17.1 Å². The molecule has 1 atom stereocenters. The van der Waals surface area contributed by atoms with E-state index in [0.29, 0.717) is 12.8 Å². The number of carbonyl (C=O) groups is 1. The van der Waals surface area contributed by atoms with Gasteiger partial charge >= 0.3 is 5.97 Å². The van der Waals surface area contributed by atoms with Crippen LogP contribution >= 0.6 is 0 Å². The zero-order valence-corrected chi connectivity index (χ0v) is 12.6. The van der Waals surface area contributed by atoms with Gasteiger partial charge in [-0.3, -0.25) is 0 Å². The average Bonchev–Trinajstić information content (AvgIpc) is 2.53. The van der Waals surface area contributed by atoms with Gasteiger partial charge in [-0.1, -0.05) is 42.5 Å². The topological polar surface area (TPSA) is 66.8 Å². The molecule has 0 aromatic heterocycles. The number of esters is 1. The number of hydrogen-bond acceptors (Lipinski definition) is 4. The van der Waals surface area contributed by atoms with E-state index in [1.165, 1.54) is 0 Å². The number of cyclic esters (lactones) is 1. The molecule has 0 spiro atoms. The summed E-state index contributed by atoms with van der Waals surface area (Å²) in [7, 11) is 0. The SMILES string of the molecule is O=C1C=C(O)C[C@@](CCc2cccc(O)c2)(c2ccccc2)O1. The normalized spacial score (nSPS) is 20.7. The third-order valence-electron chi connectivity index (χ3n) is 4.08. The smallest absolute Gasteiger partial charge is 0.335 e. The summed E-state index contributed by atoms with van der Waals surface area (Å²) in [5.74, 6) is -0.297. The Bertz CT molecular complexity index is 736. The molecule has 4 heteroatoms. The van der Waals surface area contributed by atoms with E-state index >= 15 is 0 Å². The first-order valence-electron chi connectivity index (χ1n) is 7.53. The van der Waals surface area contributed by atoms with E-state index in [1.54, 1.807) is 18.2 Å². The summed E-state index contributed by atoms with van der Waals surface area (Å²) in [6, 6.07) is 16.5. The summed E-state index contributed by atoms with van der Waals surface area (Å²) in [6.07, 6.45) is 2.51. The molecule has 2 aromatic carbocycles. The molecule has 0 fully saturated rings. The molecule has 1 aliphatic heterocycles. The van der Waals surface area contributed by atoms with Crippen molar-refractivity contribution in [3.8, 4) is 5.75 Å². The second-order valence-corrected chi connectivity index (χ2v) is 5.76. The highest BCUT2D eigenvalue weighted by atomic mass is 16.6. The monoisotopic (exact) mass is 310 g/mol. The second-order valence-electron chi connectivity index (χ2n) is 5.76. The zero-order valence-electron chi connectivity index (χ0n) is 12.6. The van der Waals surface area contributed by atoms with Gasteiger partial charge in [0, 0.05) is 6.42 Å².